The van der Waals surface area contributed by atoms with Crippen LogP contribution in [0.1, 0.15) is 27.9 Å². The van der Waals surface area contributed by atoms with E-state index >= 15 is 0 Å². The lowest BCUT2D eigenvalue weighted by atomic mass is 10.1. The highest BCUT2D eigenvalue weighted by Crippen LogP contribution is 2.16. The number of aryl methyl sites for hydroxylation is 1. The van der Waals surface area contributed by atoms with Crippen LogP contribution in [0.3, 0.4) is 0 Å². The maximum absolute atomic E-state index is 12.4. The lowest BCUT2D eigenvalue weighted by Gasteiger charge is -2.16. The minimum Gasteiger partial charge on any atom is -0.352 e. The van der Waals surface area contributed by atoms with Gasteiger partial charge in [0.25, 0.3) is 0 Å². The molecule has 3 N–H and O–H groups in total. The van der Waals surface area contributed by atoms with Crippen LogP contribution in [0, 0.1) is 6.92 Å². The summed E-state index contributed by atoms with van der Waals surface area (Å²) in [5, 5.41) is 3.01. The van der Waals surface area contributed by atoms with Crippen molar-refractivity contribution in [3.05, 3.63) is 76.0 Å². The van der Waals surface area contributed by atoms with Crippen molar-refractivity contribution in [2.24, 2.45) is 5.73 Å². The van der Waals surface area contributed by atoms with Crippen LogP contribution in [0.4, 0.5) is 0 Å². The van der Waals surface area contributed by atoms with Gasteiger partial charge in [0, 0.05) is 41.4 Å². The van der Waals surface area contributed by atoms with Gasteiger partial charge in [-0.15, -0.1) is 36.2 Å². The summed E-state index contributed by atoms with van der Waals surface area (Å²) in [6.07, 6.45) is 4.99. The second-order valence-corrected chi connectivity index (χ2v) is 8.33. The van der Waals surface area contributed by atoms with Gasteiger partial charge < -0.3 is 15.6 Å². The van der Waals surface area contributed by atoms with E-state index in [0.717, 1.165) is 18.7 Å². The van der Waals surface area contributed by atoms with E-state index in [0.29, 0.717) is 6.42 Å². The Morgan fingerprint density at radius 2 is 1.90 bits per heavy atom. The van der Waals surface area contributed by atoms with Crippen molar-refractivity contribution in [1.82, 2.24) is 14.9 Å². The van der Waals surface area contributed by atoms with Crippen molar-refractivity contribution < 1.29 is 4.79 Å². The highest BCUT2D eigenvalue weighted by atomic mass is 35.5. The molecule has 0 bridgehead atoms. The third kappa shape index (κ3) is 7.82. The smallest absolute Gasteiger partial charge is 0.237 e. The van der Waals surface area contributed by atoms with E-state index in [-0.39, 0.29) is 36.8 Å². The number of amides is 1. The molecule has 8 heteroatoms. The van der Waals surface area contributed by atoms with Gasteiger partial charge in [0.1, 0.15) is 0 Å². The molecule has 0 aliphatic heterocycles. The van der Waals surface area contributed by atoms with E-state index < -0.39 is 6.04 Å². The Labute approximate surface area is 188 Å². The summed E-state index contributed by atoms with van der Waals surface area (Å²) in [4.78, 5) is 19.3. The number of carbonyl (C=O) groups excluding carboxylic acids is 1. The predicted molar refractivity (Wildman–Crippen MR) is 124 cm³/mol. The van der Waals surface area contributed by atoms with Crippen molar-refractivity contribution in [1.29, 1.82) is 0 Å². The zero-order valence-electron chi connectivity index (χ0n) is 16.6. The molecule has 3 aromatic rings. The number of hydrogen-bond donors (Lipinski definition) is 2. The van der Waals surface area contributed by atoms with Crippen molar-refractivity contribution in [2.45, 2.75) is 45.3 Å². The van der Waals surface area contributed by atoms with Crippen molar-refractivity contribution >= 4 is 42.1 Å². The third-order valence-electron chi connectivity index (χ3n) is 4.35. The van der Waals surface area contributed by atoms with Crippen molar-refractivity contribution in [3.8, 4) is 0 Å². The summed E-state index contributed by atoms with van der Waals surface area (Å²) < 4.78 is 2.01. The molecule has 3 rings (SSSR count). The number of imidazole rings is 1. The average molecular weight is 455 g/mol. The van der Waals surface area contributed by atoms with Crippen LogP contribution >= 0.6 is 36.2 Å². The highest BCUT2D eigenvalue weighted by Gasteiger charge is 2.18. The van der Waals surface area contributed by atoms with Gasteiger partial charge in [-0.25, -0.2) is 4.98 Å². The van der Waals surface area contributed by atoms with Gasteiger partial charge in [0.15, 0.2) is 0 Å². The molecule has 0 fully saturated rings. The summed E-state index contributed by atoms with van der Waals surface area (Å²) >= 11 is 1.76. The topological polar surface area (TPSA) is 72.9 Å². The fourth-order valence-electron chi connectivity index (χ4n) is 3.01. The largest absolute Gasteiger partial charge is 0.352 e. The molecule has 0 saturated heterocycles. The van der Waals surface area contributed by atoms with Gasteiger partial charge in [0.2, 0.25) is 5.91 Å². The fraction of sp³-hybridized carbons (Fsp3) is 0.333. The summed E-state index contributed by atoms with van der Waals surface area (Å²) in [6, 6.07) is 13.9. The molecule has 0 aliphatic rings. The number of benzene rings is 1. The Morgan fingerprint density at radius 3 is 2.55 bits per heavy atom. The van der Waals surface area contributed by atoms with E-state index in [9.17, 15) is 4.79 Å². The van der Waals surface area contributed by atoms with Crippen LogP contribution < -0.4 is 11.1 Å². The molecular formula is C21H28Cl2N4OS. The van der Waals surface area contributed by atoms with Crippen LogP contribution in [0.25, 0.3) is 0 Å². The third-order valence-corrected chi connectivity index (χ3v) is 5.38. The van der Waals surface area contributed by atoms with Gasteiger partial charge >= 0.3 is 0 Å². The molecule has 0 radical (unpaired) electrons. The van der Waals surface area contributed by atoms with Crippen molar-refractivity contribution in [2.75, 3.05) is 0 Å². The Morgan fingerprint density at radius 1 is 1.17 bits per heavy atom. The van der Waals surface area contributed by atoms with Crippen LogP contribution in [0.15, 0.2) is 55.0 Å². The van der Waals surface area contributed by atoms with Gasteiger partial charge in [-0.05, 0) is 31.5 Å². The van der Waals surface area contributed by atoms with Crippen LogP contribution in [0.5, 0.6) is 0 Å². The Kier molecular flexibility index (Phi) is 10.4. The first-order valence-corrected chi connectivity index (χ1v) is 9.97. The first kappa shape index (κ1) is 25.2. The molecule has 29 heavy (non-hydrogen) atoms. The number of aromatic nitrogens is 2. The lowest BCUT2D eigenvalue weighted by Crippen LogP contribution is -2.46. The average Bonchev–Trinajstić information content (AvgIpc) is 3.24. The minimum atomic E-state index is -0.599. The molecule has 2 heterocycles. The summed E-state index contributed by atoms with van der Waals surface area (Å²) in [5.41, 5.74) is 8.14. The van der Waals surface area contributed by atoms with Gasteiger partial charge in [-0.2, -0.15) is 0 Å². The molecule has 158 valence electrons. The summed E-state index contributed by atoms with van der Waals surface area (Å²) in [5.74, 6) is -0.131. The highest BCUT2D eigenvalue weighted by molar-refractivity contribution is 7.11. The number of nitrogens with two attached hydrogens (primary N) is 1. The van der Waals surface area contributed by atoms with Gasteiger partial charge in [-0.3, -0.25) is 4.79 Å². The second kappa shape index (κ2) is 12.0. The summed E-state index contributed by atoms with van der Waals surface area (Å²) in [6.45, 7) is 4.85. The molecule has 2 atom stereocenters. The molecule has 1 aromatic carbocycles. The number of halogens is 2. The molecular weight excluding hydrogens is 427 g/mol. The maximum atomic E-state index is 12.4. The number of hydrogen-bond acceptors (Lipinski definition) is 4. The number of rotatable bonds is 8. The molecule has 5 nitrogen and oxygen atoms in total. The quantitative estimate of drug-likeness (QED) is 0.543. The van der Waals surface area contributed by atoms with Crippen molar-refractivity contribution in [3.63, 3.8) is 0 Å². The Balaban J connectivity index is 0.00000210. The molecule has 1 amide bonds. The Bertz CT molecular complexity index is 882. The van der Waals surface area contributed by atoms with E-state index in [1.807, 2.05) is 35.9 Å². The first-order valence-electron chi connectivity index (χ1n) is 9.15. The second-order valence-electron chi connectivity index (χ2n) is 6.96. The van der Waals surface area contributed by atoms with E-state index in [2.05, 4.69) is 41.5 Å². The predicted octanol–water partition coefficient (Wildman–Crippen LogP) is 3.76. The number of carbonyl (C=O) groups is 1. The van der Waals surface area contributed by atoms with Crippen LogP contribution in [-0.4, -0.2) is 27.5 Å². The minimum absolute atomic E-state index is 0. The molecule has 2 aromatic heterocycles. The Hall–Kier alpha value is -1.86. The fourth-order valence-corrected chi connectivity index (χ4v) is 4.03. The van der Waals surface area contributed by atoms with E-state index in [1.165, 1.54) is 15.3 Å². The monoisotopic (exact) mass is 454 g/mol. The SMILES string of the molecule is Cc1ccc(CC(C)NC(=O)[C@@H](N)Cc2cn(Cc3ccccc3)cn2)s1.Cl.Cl. The molecule has 0 saturated carbocycles. The zero-order valence-corrected chi connectivity index (χ0v) is 19.0. The number of nitrogens with zero attached hydrogens (tertiary/aromatic N) is 2. The van der Waals surface area contributed by atoms with Gasteiger partial charge in [-0.1, -0.05) is 30.3 Å². The zero-order chi connectivity index (χ0) is 19.2. The number of thiophene rings is 1. The normalized spacial score (nSPS) is 12.4. The molecule has 1 unspecified atom stereocenters. The van der Waals surface area contributed by atoms with E-state index in [4.69, 9.17) is 5.73 Å². The van der Waals surface area contributed by atoms with Crippen LogP contribution in [-0.2, 0) is 24.2 Å². The first-order chi connectivity index (χ1) is 13.0. The maximum Gasteiger partial charge on any atom is 0.237 e. The molecule has 0 spiro atoms. The van der Waals surface area contributed by atoms with Gasteiger partial charge in [0.05, 0.1) is 18.1 Å². The molecule has 0 aliphatic carbocycles. The van der Waals surface area contributed by atoms with Crippen LogP contribution in [0.2, 0.25) is 0 Å². The van der Waals surface area contributed by atoms with E-state index in [1.54, 1.807) is 17.7 Å². The summed E-state index contributed by atoms with van der Waals surface area (Å²) in [7, 11) is 0. The lowest BCUT2D eigenvalue weighted by molar-refractivity contribution is -0.122. The standard InChI is InChI=1S/C21H26N4OS.2ClH/c1-15(10-19-9-8-16(2)27-19)24-21(26)20(22)11-18-13-25(14-23-18)12-17-6-4-3-5-7-17;;/h3-9,13-15,20H,10-12,22H2,1-2H3,(H,24,26);2*1H/t15?,20-;;/m0../s1. The number of nitrogens with one attached hydrogen (secondary N) is 1.